The number of nitrogens with one attached hydrogen (secondary N) is 2. The number of aromatic amines is 2. The van der Waals surface area contributed by atoms with E-state index in [1.807, 2.05) is 24.3 Å². The van der Waals surface area contributed by atoms with E-state index in [1.54, 1.807) is 48.5 Å². The zero-order valence-corrected chi connectivity index (χ0v) is 27.5. The van der Waals surface area contributed by atoms with Crippen LogP contribution in [0.5, 0.6) is 0 Å². The summed E-state index contributed by atoms with van der Waals surface area (Å²) in [5, 5.41) is 51.4. The molecular formula is C32H17MnN12O8. The molecule has 2 N–H and O–H groups in total. The minimum absolute atomic E-state index is 0.0524. The van der Waals surface area contributed by atoms with E-state index in [2.05, 4.69) is 29.9 Å². The van der Waals surface area contributed by atoms with Crippen molar-refractivity contribution in [1.29, 1.82) is 0 Å². The van der Waals surface area contributed by atoms with E-state index in [0.717, 1.165) is 11.5 Å². The van der Waals surface area contributed by atoms with Gasteiger partial charge in [0.15, 0.2) is 0 Å². The van der Waals surface area contributed by atoms with Crippen LogP contribution in [0.25, 0.3) is 89.7 Å². The Morgan fingerprint density at radius 2 is 0.755 bits per heavy atom. The van der Waals surface area contributed by atoms with E-state index in [0.29, 0.717) is 45.0 Å². The average molecular weight is 753 g/mol. The molecule has 3 aromatic heterocycles. The van der Waals surface area contributed by atoms with Crippen LogP contribution in [-0.2, 0) is 12.7 Å². The first-order chi connectivity index (χ1) is 25.5. The van der Waals surface area contributed by atoms with Crippen molar-refractivity contribution < 1.29 is 28.4 Å². The second-order valence-electron chi connectivity index (χ2n) is 11.6. The number of nitro groups is 4. The monoisotopic (exact) mass is 752 g/mol. The molecule has 0 saturated carbocycles. The van der Waals surface area contributed by atoms with Gasteiger partial charge in [-0.3, -0.25) is 0 Å². The van der Waals surface area contributed by atoms with Crippen LogP contribution in [-0.4, -0.2) is 55.6 Å². The van der Waals surface area contributed by atoms with Gasteiger partial charge in [-0.25, -0.2) is 0 Å². The Morgan fingerprint density at radius 1 is 0.415 bits per heavy atom. The number of H-pyrrole nitrogens is 2. The third kappa shape index (κ3) is 3.87. The Labute approximate surface area is 293 Å². The fourth-order valence-corrected chi connectivity index (χ4v) is 9.69. The Kier molecular flexibility index (Phi) is 6.32. The third-order valence-corrected chi connectivity index (χ3v) is 13.7. The molecule has 21 heteroatoms. The van der Waals surface area contributed by atoms with Crippen molar-refractivity contribution >= 4 is 48.6 Å². The molecule has 20 nitrogen and oxygen atoms in total. The molecule has 0 saturated heterocycles. The van der Waals surface area contributed by atoms with Crippen molar-refractivity contribution in [1.82, 2.24) is 39.9 Å². The normalized spacial score (nSPS) is 12.8. The van der Waals surface area contributed by atoms with Crippen LogP contribution in [0.1, 0.15) is 0 Å². The number of rotatable bonds is 5. The Morgan fingerprint density at radius 3 is 1.17 bits per heavy atom. The second kappa shape index (κ2) is 10.7. The predicted molar refractivity (Wildman–Crippen MR) is 184 cm³/mol. The first-order valence-corrected chi connectivity index (χ1v) is 17.9. The summed E-state index contributed by atoms with van der Waals surface area (Å²) in [6.45, 7) is 0. The number of nitrogens with zero attached hydrogens (tertiary/aromatic N) is 10. The van der Waals surface area contributed by atoms with Crippen LogP contribution in [0, 0.1) is 40.5 Å². The van der Waals surface area contributed by atoms with Crippen LogP contribution in [0.15, 0.2) is 91.0 Å². The average Bonchev–Trinajstić information content (AvgIpc) is 3.87. The molecule has 9 rings (SSSR count). The Balaban J connectivity index is 1.55. The van der Waals surface area contributed by atoms with Crippen LogP contribution in [0.3, 0.4) is 0 Å². The van der Waals surface area contributed by atoms with E-state index in [-0.39, 0.29) is 34.3 Å². The quantitative estimate of drug-likeness (QED) is 0.134. The molecule has 53 heavy (non-hydrogen) atoms. The molecule has 4 aromatic carbocycles. The van der Waals surface area contributed by atoms with Gasteiger partial charge in [-0.05, 0) is 0 Å². The van der Waals surface area contributed by atoms with Crippen LogP contribution in [0.4, 0.5) is 0 Å². The maximum absolute atomic E-state index is 12.7. The van der Waals surface area contributed by atoms with E-state index in [4.69, 9.17) is 9.97 Å². The predicted octanol–water partition coefficient (Wildman–Crippen LogP) is 4.95. The summed E-state index contributed by atoms with van der Waals surface area (Å²) in [5.41, 5.74) is 2.23. The summed E-state index contributed by atoms with van der Waals surface area (Å²) >= 11 is -8.29. The van der Waals surface area contributed by atoms with Crippen LogP contribution < -0.4 is 4.46 Å². The zero-order chi connectivity index (χ0) is 36.8. The van der Waals surface area contributed by atoms with Gasteiger partial charge in [-0.2, -0.15) is 0 Å². The molecular weight excluding hydrogens is 735 g/mol. The van der Waals surface area contributed by atoms with Gasteiger partial charge >= 0.3 is 288 Å². The zero-order valence-electron chi connectivity index (χ0n) is 26.3. The maximum atomic E-state index is 12.7. The summed E-state index contributed by atoms with van der Waals surface area (Å²) in [6.07, 6.45) is 0. The molecule has 7 aromatic rings. The molecule has 0 aliphatic carbocycles. The Bertz CT molecular complexity index is 2960. The number of hydrogen-bond acceptors (Lipinski definition) is 14. The van der Waals surface area contributed by atoms with Crippen molar-refractivity contribution in [3.05, 3.63) is 131 Å². The molecule has 2 aliphatic rings. The number of hydrogen-bond donors (Lipinski definition) is 2. The van der Waals surface area contributed by atoms with Gasteiger partial charge in [0.05, 0.1) is 0 Å². The van der Waals surface area contributed by atoms with Gasteiger partial charge in [0.2, 0.25) is 0 Å². The summed E-state index contributed by atoms with van der Waals surface area (Å²) in [5.74, 6) is 0.458. The molecule has 0 spiro atoms. The fourth-order valence-electron chi connectivity index (χ4n) is 6.53. The standard InChI is InChI=1S/C32H17N8.Mn.4NO2/c1-2-10-18-17(9-1)25-33-26(18)38-28-21-13-5-6-14-22(21)30(35-28)40-32-24-16-8-7-15-23(24)31(36-32)39-29-20-12-4-3-11-19(20)27(34-29)37-25;;4*2-1-3/h1-15H,(H2,33,34,35,36,37,38,39,40);;;;;. The van der Waals surface area contributed by atoms with Gasteiger partial charge in [0.1, 0.15) is 0 Å². The van der Waals surface area contributed by atoms with Crippen molar-refractivity contribution in [3.8, 4) is 45.6 Å². The van der Waals surface area contributed by atoms with Crippen molar-refractivity contribution in [2.75, 3.05) is 0 Å². The van der Waals surface area contributed by atoms with Crippen molar-refractivity contribution in [3.63, 3.8) is 0 Å². The van der Waals surface area contributed by atoms with E-state index in [1.165, 1.54) is 6.07 Å². The number of fused-ring (bicyclic) bond motifs is 20. The minimum atomic E-state index is -8.29. The van der Waals surface area contributed by atoms with Crippen LogP contribution in [0.2, 0.25) is 0 Å². The first kappa shape index (κ1) is 31.3. The molecule has 0 radical (unpaired) electrons. The Hall–Kier alpha value is -7.64. The van der Waals surface area contributed by atoms with E-state index in [9.17, 15) is 40.5 Å². The van der Waals surface area contributed by atoms with Gasteiger partial charge in [-0.1, -0.05) is 6.07 Å². The summed E-state index contributed by atoms with van der Waals surface area (Å²) in [6, 6.07) is 24.2. The molecule has 8 bridgehead atoms. The van der Waals surface area contributed by atoms with Crippen molar-refractivity contribution in [2.45, 2.75) is 0 Å². The molecule has 2 aliphatic heterocycles. The van der Waals surface area contributed by atoms with Gasteiger partial charge < -0.3 is 0 Å². The summed E-state index contributed by atoms with van der Waals surface area (Å²) in [4.78, 5) is 85.2. The van der Waals surface area contributed by atoms with Gasteiger partial charge in [-0.15, -0.1) is 0 Å². The van der Waals surface area contributed by atoms with Gasteiger partial charge in [0, 0.05) is 0 Å². The molecule has 260 valence electrons. The second-order valence-corrected chi connectivity index (χ2v) is 16.4. The van der Waals surface area contributed by atoms with Gasteiger partial charge in [0.25, 0.3) is 0 Å². The third-order valence-electron chi connectivity index (χ3n) is 8.91. The summed E-state index contributed by atoms with van der Waals surface area (Å²) in [7, 11) is 0. The summed E-state index contributed by atoms with van der Waals surface area (Å²) < 4.78 is -9.30. The number of benzene rings is 4. The van der Waals surface area contributed by atoms with E-state index < -0.39 is 43.9 Å². The molecule has 0 amide bonds. The first-order valence-electron chi connectivity index (χ1n) is 15.2. The molecule has 0 unspecified atom stereocenters. The molecule has 0 fully saturated rings. The molecule has 0 atom stereocenters. The van der Waals surface area contributed by atoms with Crippen molar-refractivity contribution in [2.24, 2.45) is 0 Å². The molecule has 5 heterocycles. The SMILES string of the molecule is O=[N+]([O-])[Mn]([c]1cccc2c3nc4nc(nc5[nH]c(nc6nc(nc([nH]3)c12)-c1ccccc1-6)c1ccccc51)-c1ccccc1-4)([N+](=O)[O-])([N+](=O)[O-])[N+](=O)[O-]. The number of aromatic nitrogens is 8. The fraction of sp³-hybridized carbons (Fsp3) is 0. The van der Waals surface area contributed by atoms with E-state index >= 15 is 0 Å². The van der Waals surface area contributed by atoms with Crippen LogP contribution >= 0.6 is 0 Å². The topological polar surface area (TPSA) is 281 Å².